The molecule has 0 spiro atoms. The van der Waals surface area contributed by atoms with Crippen molar-refractivity contribution in [1.29, 1.82) is 0 Å². The third-order valence-corrected chi connectivity index (χ3v) is 3.98. The lowest BCUT2D eigenvalue weighted by atomic mass is 9.76. The molecule has 0 aliphatic heterocycles. The Morgan fingerprint density at radius 1 is 1.26 bits per heavy atom. The van der Waals surface area contributed by atoms with E-state index in [0.29, 0.717) is 11.0 Å². The minimum atomic E-state index is -0.213. The van der Waals surface area contributed by atoms with Gasteiger partial charge in [-0.3, -0.25) is 0 Å². The number of rotatable bonds is 3. The number of esters is 1. The van der Waals surface area contributed by atoms with Gasteiger partial charge in [0.25, 0.3) is 0 Å². The first-order valence-corrected chi connectivity index (χ1v) is 6.99. The van der Waals surface area contributed by atoms with Crippen LogP contribution >= 0.6 is 0 Å². The van der Waals surface area contributed by atoms with E-state index in [1.165, 1.54) is 0 Å². The molecular weight excluding hydrogens is 238 g/mol. The molecule has 0 heterocycles. The molecule has 0 unspecified atom stereocenters. The van der Waals surface area contributed by atoms with Gasteiger partial charge < -0.3 is 10.1 Å². The van der Waals surface area contributed by atoms with Crippen LogP contribution in [-0.4, -0.2) is 19.1 Å². The third kappa shape index (κ3) is 3.49. The molecule has 0 saturated heterocycles. The molecule has 1 fully saturated rings. The van der Waals surface area contributed by atoms with Crippen molar-refractivity contribution < 1.29 is 9.53 Å². The molecule has 19 heavy (non-hydrogen) atoms. The topological polar surface area (TPSA) is 38.3 Å². The number of carbonyl (C=O) groups excluding carboxylic acids is 1. The Morgan fingerprint density at radius 2 is 1.89 bits per heavy atom. The van der Waals surface area contributed by atoms with Crippen LogP contribution in [-0.2, 0) is 4.74 Å². The molecule has 1 aromatic carbocycles. The minimum Gasteiger partial charge on any atom is -0.459 e. The second-order valence-corrected chi connectivity index (χ2v) is 6.06. The van der Waals surface area contributed by atoms with E-state index in [-0.39, 0.29) is 12.1 Å². The molecule has 3 heteroatoms. The molecule has 1 saturated carbocycles. The highest BCUT2D eigenvalue weighted by Gasteiger charge is 2.29. The predicted molar refractivity (Wildman–Crippen MR) is 77.4 cm³/mol. The molecule has 1 aromatic rings. The lowest BCUT2D eigenvalue weighted by Gasteiger charge is -2.33. The van der Waals surface area contributed by atoms with E-state index in [0.717, 1.165) is 31.4 Å². The Bertz CT molecular complexity index is 444. The van der Waals surface area contributed by atoms with Crippen LogP contribution in [0.1, 0.15) is 49.9 Å². The highest BCUT2D eigenvalue weighted by molar-refractivity contribution is 5.95. The second-order valence-electron chi connectivity index (χ2n) is 6.06. The first-order chi connectivity index (χ1) is 9.02. The van der Waals surface area contributed by atoms with Crippen molar-refractivity contribution in [3.05, 3.63) is 29.8 Å². The number of ether oxygens (including phenoxy) is 1. The van der Waals surface area contributed by atoms with Crippen LogP contribution in [0.2, 0.25) is 0 Å². The number of benzene rings is 1. The largest absolute Gasteiger partial charge is 0.459 e. The highest BCUT2D eigenvalue weighted by Crippen LogP contribution is 2.36. The van der Waals surface area contributed by atoms with E-state index < -0.39 is 0 Å². The quantitative estimate of drug-likeness (QED) is 0.840. The van der Waals surface area contributed by atoms with Crippen LogP contribution in [0, 0.1) is 5.41 Å². The molecule has 0 amide bonds. The molecule has 2 rings (SSSR count). The Kier molecular flexibility index (Phi) is 4.13. The summed E-state index contributed by atoms with van der Waals surface area (Å²) in [5.74, 6) is -0.213. The normalized spacial score (nSPS) is 18.9. The first-order valence-electron chi connectivity index (χ1n) is 6.99. The van der Waals surface area contributed by atoms with Crippen LogP contribution in [0.5, 0.6) is 0 Å². The average molecular weight is 261 g/mol. The standard InChI is InChI=1S/C16H23NO2/c1-16(2)10-8-12(9-11-16)19-15(18)13-6-4-5-7-14(13)17-3/h4-7,12,17H,8-11H2,1-3H3. The van der Waals surface area contributed by atoms with Crippen molar-refractivity contribution in [1.82, 2.24) is 0 Å². The SMILES string of the molecule is CNc1ccccc1C(=O)OC1CCC(C)(C)CC1. The lowest BCUT2D eigenvalue weighted by molar-refractivity contribution is 0.00961. The number of anilines is 1. The fourth-order valence-corrected chi connectivity index (χ4v) is 2.58. The fraction of sp³-hybridized carbons (Fsp3) is 0.562. The lowest BCUT2D eigenvalue weighted by Crippen LogP contribution is -2.28. The minimum absolute atomic E-state index is 0.0745. The van der Waals surface area contributed by atoms with Gasteiger partial charge in [0.15, 0.2) is 0 Å². The number of hydrogen-bond donors (Lipinski definition) is 1. The summed E-state index contributed by atoms with van der Waals surface area (Å²) in [5, 5.41) is 3.03. The summed E-state index contributed by atoms with van der Waals surface area (Å²) in [5.41, 5.74) is 1.84. The maximum absolute atomic E-state index is 12.2. The van der Waals surface area contributed by atoms with E-state index in [1.807, 2.05) is 25.2 Å². The summed E-state index contributed by atoms with van der Waals surface area (Å²) < 4.78 is 5.63. The summed E-state index contributed by atoms with van der Waals surface area (Å²) in [6.07, 6.45) is 4.27. The van der Waals surface area contributed by atoms with Crippen LogP contribution in [0.15, 0.2) is 24.3 Å². The molecule has 1 N–H and O–H groups in total. The Hall–Kier alpha value is -1.51. The van der Waals surface area contributed by atoms with Crippen LogP contribution < -0.4 is 5.32 Å². The highest BCUT2D eigenvalue weighted by atomic mass is 16.5. The Balaban J connectivity index is 1.98. The van der Waals surface area contributed by atoms with Crippen molar-refractivity contribution in [3.63, 3.8) is 0 Å². The van der Waals surface area contributed by atoms with Gasteiger partial charge in [-0.15, -0.1) is 0 Å². The van der Waals surface area contributed by atoms with Gasteiger partial charge in [0.2, 0.25) is 0 Å². The zero-order valence-electron chi connectivity index (χ0n) is 12.0. The number of carbonyl (C=O) groups is 1. The van der Waals surface area contributed by atoms with Crippen molar-refractivity contribution >= 4 is 11.7 Å². The van der Waals surface area contributed by atoms with Crippen LogP contribution in [0.4, 0.5) is 5.69 Å². The van der Waals surface area contributed by atoms with E-state index >= 15 is 0 Å². The zero-order valence-corrected chi connectivity index (χ0v) is 12.0. The van der Waals surface area contributed by atoms with E-state index in [2.05, 4.69) is 19.2 Å². The number of nitrogens with one attached hydrogen (secondary N) is 1. The first kappa shape index (κ1) is 13.9. The van der Waals surface area contributed by atoms with E-state index in [9.17, 15) is 4.79 Å². The molecule has 0 bridgehead atoms. The Morgan fingerprint density at radius 3 is 2.53 bits per heavy atom. The molecule has 0 atom stereocenters. The summed E-state index contributed by atoms with van der Waals surface area (Å²) in [6, 6.07) is 7.47. The summed E-state index contributed by atoms with van der Waals surface area (Å²) in [7, 11) is 1.81. The smallest absolute Gasteiger partial charge is 0.340 e. The second kappa shape index (κ2) is 5.64. The van der Waals surface area contributed by atoms with Gasteiger partial charge in [-0.2, -0.15) is 0 Å². The summed E-state index contributed by atoms with van der Waals surface area (Å²) in [6.45, 7) is 4.56. The van der Waals surface area contributed by atoms with Gasteiger partial charge in [-0.25, -0.2) is 4.79 Å². The van der Waals surface area contributed by atoms with Crippen molar-refractivity contribution in [3.8, 4) is 0 Å². The third-order valence-electron chi connectivity index (χ3n) is 3.98. The van der Waals surface area contributed by atoms with Crippen LogP contribution in [0.25, 0.3) is 0 Å². The molecular formula is C16H23NO2. The van der Waals surface area contributed by atoms with Crippen molar-refractivity contribution in [2.75, 3.05) is 12.4 Å². The fourth-order valence-electron chi connectivity index (χ4n) is 2.58. The Labute approximate surface area is 115 Å². The molecule has 0 aromatic heterocycles. The summed E-state index contributed by atoms with van der Waals surface area (Å²) in [4.78, 5) is 12.2. The van der Waals surface area contributed by atoms with Gasteiger partial charge in [-0.1, -0.05) is 26.0 Å². The predicted octanol–water partition coefficient (Wildman–Crippen LogP) is 3.85. The molecule has 0 radical (unpaired) electrons. The van der Waals surface area contributed by atoms with Crippen molar-refractivity contribution in [2.24, 2.45) is 5.41 Å². The van der Waals surface area contributed by atoms with E-state index in [1.54, 1.807) is 6.07 Å². The monoisotopic (exact) mass is 261 g/mol. The van der Waals surface area contributed by atoms with Crippen LogP contribution in [0.3, 0.4) is 0 Å². The average Bonchev–Trinajstić information content (AvgIpc) is 2.41. The molecule has 3 nitrogen and oxygen atoms in total. The van der Waals surface area contributed by atoms with Gasteiger partial charge in [-0.05, 0) is 43.2 Å². The van der Waals surface area contributed by atoms with Crippen molar-refractivity contribution in [2.45, 2.75) is 45.6 Å². The maximum atomic E-state index is 12.2. The maximum Gasteiger partial charge on any atom is 0.340 e. The molecule has 104 valence electrons. The van der Waals surface area contributed by atoms with Gasteiger partial charge in [0, 0.05) is 12.7 Å². The van der Waals surface area contributed by atoms with Gasteiger partial charge in [0.1, 0.15) is 6.10 Å². The van der Waals surface area contributed by atoms with Gasteiger partial charge in [0.05, 0.1) is 5.56 Å². The molecule has 1 aliphatic carbocycles. The number of hydrogen-bond acceptors (Lipinski definition) is 3. The van der Waals surface area contributed by atoms with E-state index in [4.69, 9.17) is 4.74 Å². The molecule has 1 aliphatic rings. The number of para-hydroxylation sites is 1. The van der Waals surface area contributed by atoms with Gasteiger partial charge >= 0.3 is 5.97 Å². The zero-order chi connectivity index (χ0) is 13.9. The summed E-state index contributed by atoms with van der Waals surface area (Å²) >= 11 is 0.